The molecule has 3 nitrogen and oxygen atoms in total. The van der Waals surface area contributed by atoms with Gasteiger partial charge in [0, 0.05) is 24.4 Å². The molecule has 0 bridgehead atoms. The topological polar surface area (TPSA) is 38.9 Å². The number of pyridine rings is 2. The number of hydrogen-bond acceptors (Lipinski definition) is 3. The molecule has 3 aromatic heterocycles. The van der Waals surface area contributed by atoms with E-state index >= 15 is 0 Å². The smallest absolute Gasteiger partial charge is 0.138 e. The van der Waals surface area contributed by atoms with Crippen LogP contribution in [0.3, 0.4) is 0 Å². The summed E-state index contributed by atoms with van der Waals surface area (Å²) in [5.41, 5.74) is 7.76. The van der Waals surface area contributed by atoms with Gasteiger partial charge in [-0.1, -0.05) is 51.1 Å². The van der Waals surface area contributed by atoms with Gasteiger partial charge in [-0.2, -0.15) is 0 Å². The highest BCUT2D eigenvalue weighted by Gasteiger charge is 2.27. The molecule has 0 N–H and O–H groups in total. The Morgan fingerprint density at radius 1 is 0.839 bits per heavy atom. The van der Waals surface area contributed by atoms with Crippen LogP contribution in [0.15, 0.2) is 71.4 Å². The third kappa shape index (κ3) is 2.80. The highest BCUT2D eigenvalue weighted by Crippen LogP contribution is 2.44. The van der Waals surface area contributed by atoms with E-state index in [2.05, 4.69) is 63.2 Å². The highest BCUT2D eigenvalue weighted by atomic mass is 16.3. The first-order valence-corrected chi connectivity index (χ1v) is 10.9. The van der Waals surface area contributed by atoms with E-state index < -0.39 is 0 Å². The first-order chi connectivity index (χ1) is 15.0. The molecule has 0 atom stereocenters. The Balaban J connectivity index is 1.69. The van der Waals surface area contributed by atoms with Gasteiger partial charge in [-0.25, -0.2) is 0 Å². The Bertz CT molecular complexity index is 1470. The van der Waals surface area contributed by atoms with E-state index in [1.54, 1.807) is 0 Å². The third-order valence-electron chi connectivity index (χ3n) is 6.37. The van der Waals surface area contributed by atoms with Gasteiger partial charge in [-0.15, -0.1) is 0 Å². The average Bonchev–Trinajstić information content (AvgIpc) is 3.17. The van der Waals surface area contributed by atoms with Crippen molar-refractivity contribution in [3.05, 3.63) is 83.9 Å². The van der Waals surface area contributed by atoms with Crippen LogP contribution in [0, 0.1) is 0 Å². The number of rotatable bonds is 1. The largest absolute Gasteiger partial charge is 0.460 e. The summed E-state index contributed by atoms with van der Waals surface area (Å²) in [6.45, 7) is 6.81. The molecule has 1 aliphatic carbocycles. The molecule has 5 aromatic rings. The van der Waals surface area contributed by atoms with E-state index in [9.17, 15) is 0 Å². The van der Waals surface area contributed by atoms with Crippen LogP contribution in [-0.4, -0.2) is 9.97 Å². The number of nitrogens with zero attached hydrogens (tertiary/aromatic N) is 2. The Morgan fingerprint density at radius 2 is 1.68 bits per heavy atom. The molecule has 2 aromatic carbocycles. The van der Waals surface area contributed by atoms with Crippen molar-refractivity contribution in [1.82, 2.24) is 9.97 Å². The Labute approximate surface area is 181 Å². The van der Waals surface area contributed by atoms with Gasteiger partial charge < -0.3 is 4.42 Å². The minimum absolute atomic E-state index is 0.0213. The molecule has 0 saturated heterocycles. The number of fused-ring (bicyclic) bond motifs is 6. The standard InChI is InChI=1S/C28H24N2O/c1-28(2,3)21-16-19(15-18-7-4-5-9-20(18)21)27-25-23(12-14-30-27)31-22-11-10-17-8-6-13-29-26(17)24(22)25/h4-9,12-16H,10-11H2,1-3H3. The van der Waals surface area contributed by atoms with Crippen LogP contribution >= 0.6 is 0 Å². The van der Waals surface area contributed by atoms with Crippen molar-refractivity contribution in [2.45, 2.75) is 39.0 Å². The number of benzene rings is 2. The molecule has 31 heavy (non-hydrogen) atoms. The van der Waals surface area contributed by atoms with Gasteiger partial charge in [-0.05, 0) is 58.0 Å². The maximum absolute atomic E-state index is 6.31. The van der Waals surface area contributed by atoms with E-state index in [1.807, 2.05) is 24.5 Å². The summed E-state index contributed by atoms with van der Waals surface area (Å²) in [7, 11) is 0. The summed E-state index contributed by atoms with van der Waals surface area (Å²) < 4.78 is 6.31. The second kappa shape index (κ2) is 6.52. The van der Waals surface area contributed by atoms with Crippen molar-refractivity contribution >= 4 is 21.7 Å². The molecular formula is C28H24N2O. The van der Waals surface area contributed by atoms with Crippen LogP contribution in [0.4, 0.5) is 0 Å². The fourth-order valence-corrected chi connectivity index (χ4v) is 4.92. The van der Waals surface area contributed by atoms with Gasteiger partial charge in [0.15, 0.2) is 0 Å². The molecular weight excluding hydrogens is 380 g/mol. The first kappa shape index (κ1) is 18.3. The molecule has 152 valence electrons. The lowest BCUT2D eigenvalue weighted by molar-refractivity contribution is 0.545. The molecule has 0 unspecified atom stereocenters. The SMILES string of the molecule is CC(C)(C)c1cc(-c2nccc3oc4c(c23)-c2ncccc2CC4)cc2ccccc12. The minimum Gasteiger partial charge on any atom is -0.460 e. The maximum Gasteiger partial charge on any atom is 0.138 e. The number of aryl methyl sites for hydroxylation is 2. The van der Waals surface area contributed by atoms with Crippen LogP contribution in [-0.2, 0) is 18.3 Å². The zero-order chi connectivity index (χ0) is 21.2. The van der Waals surface area contributed by atoms with Crippen molar-refractivity contribution < 1.29 is 4.42 Å². The van der Waals surface area contributed by atoms with Crippen LogP contribution in [0.2, 0.25) is 0 Å². The summed E-state index contributed by atoms with van der Waals surface area (Å²) in [6.07, 6.45) is 5.59. The Hall–Kier alpha value is -3.46. The van der Waals surface area contributed by atoms with Crippen molar-refractivity contribution in [2.24, 2.45) is 0 Å². The summed E-state index contributed by atoms with van der Waals surface area (Å²) >= 11 is 0. The van der Waals surface area contributed by atoms with Gasteiger partial charge in [0.25, 0.3) is 0 Å². The van der Waals surface area contributed by atoms with Crippen LogP contribution in [0.5, 0.6) is 0 Å². The van der Waals surface area contributed by atoms with E-state index in [1.165, 1.54) is 21.9 Å². The number of hydrogen-bond donors (Lipinski definition) is 0. The second-order valence-electron chi connectivity index (χ2n) is 9.44. The third-order valence-corrected chi connectivity index (χ3v) is 6.37. The zero-order valence-electron chi connectivity index (χ0n) is 18.1. The maximum atomic E-state index is 6.31. The van der Waals surface area contributed by atoms with Gasteiger partial charge in [0.2, 0.25) is 0 Å². The van der Waals surface area contributed by atoms with Gasteiger partial charge in [0.05, 0.1) is 22.3 Å². The highest BCUT2D eigenvalue weighted by molar-refractivity contribution is 6.05. The molecule has 0 saturated carbocycles. The molecule has 6 rings (SSSR count). The minimum atomic E-state index is 0.0213. The quantitative estimate of drug-likeness (QED) is 0.299. The fraction of sp³-hybridized carbons (Fsp3) is 0.214. The van der Waals surface area contributed by atoms with E-state index in [-0.39, 0.29) is 5.41 Å². The van der Waals surface area contributed by atoms with Gasteiger partial charge in [-0.3, -0.25) is 9.97 Å². The van der Waals surface area contributed by atoms with E-state index in [0.717, 1.165) is 52.1 Å². The number of aromatic nitrogens is 2. The molecule has 3 heteroatoms. The fourth-order valence-electron chi connectivity index (χ4n) is 4.92. The van der Waals surface area contributed by atoms with Crippen molar-refractivity contribution in [3.63, 3.8) is 0 Å². The monoisotopic (exact) mass is 404 g/mol. The van der Waals surface area contributed by atoms with Crippen LogP contribution < -0.4 is 0 Å². The Kier molecular flexibility index (Phi) is 3.85. The second-order valence-corrected chi connectivity index (χ2v) is 9.44. The van der Waals surface area contributed by atoms with E-state index in [0.29, 0.717) is 0 Å². The predicted molar refractivity (Wildman–Crippen MR) is 126 cm³/mol. The molecule has 1 aliphatic rings. The van der Waals surface area contributed by atoms with Crippen molar-refractivity contribution in [1.29, 1.82) is 0 Å². The Morgan fingerprint density at radius 3 is 2.55 bits per heavy atom. The zero-order valence-corrected chi connectivity index (χ0v) is 18.1. The predicted octanol–water partition coefficient (Wildman–Crippen LogP) is 7.11. The average molecular weight is 405 g/mol. The number of furan rings is 1. The van der Waals surface area contributed by atoms with Gasteiger partial charge >= 0.3 is 0 Å². The molecule has 0 fully saturated rings. The molecule has 0 spiro atoms. The van der Waals surface area contributed by atoms with Crippen LogP contribution in [0.1, 0.15) is 37.7 Å². The molecule has 0 amide bonds. The van der Waals surface area contributed by atoms with E-state index in [4.69, 9.17) is 14.4 Å². The molecule has 0 aliphatic heterocycles. The lowest BCUT2D eigenvalue weighted by atomic mass is 9.82. The van der Waals surface area contributed by atoms with Crippen molar-refractivity contribution in [3.8, 4) is 22.5 Å². The summed E-state index contributed by atoms with van der Waals surface area (Å²) in [5, 5.41) is 3.61. The summed E-state index contributed by atoms with van der Waals surface area (Å²) in [4.78, 5) is 9.61. The lowest BCUT2D eigenvalue weighted by Gasteiger charge is -2.23. The van der Waals surface area contributed by atoms with Crippen molar-refractivity contribution in [2.75, 3.05) is 0 Å². The van der Waals surface area contributed by atoms with Gasteiger partial charge in [0.1, 0.15) is 11.3 Å². The van der Waals surface area contributed by atoms with Crippen LogP contribution in [0.25, 0.3) is 44.3 Å². The lowest BCUT2D eigenvalue weighted by Crippen LogP contribution is -2.12. The molecule has 3 heterocycles. The first-order valence-electron chi connectivity index (χ1n) is 10.9. The molecule has 0 radical (unpaired) electrons. The normalized spacial score (nSPS) is 13.4. The summed E-state index contributed by atoms with van der Waals surface area (Å²) in [5.74, 6) is 1.02. The summed E-state index contributed by atoms with van der Waals surface area (Å²) in [6, 6.07) is 19.4.